The topological polar surface area (TPSA) is 26.0 Å². The zero-order chi connectivity index (χ0) is 15.4. The number of hydrogen-bond acceptors (Lipinski definition) is 2. The molecule has 2 aromatic carbocycles. The molecule has 0 aliphatic rings. The summed E-state index contributed by atoms with van der Waals surface area (Å²) >= 11 is 0. The second kappa shape index (κ2) is 6.27. The zero-order valence-corrected chi connectivity index (χ0v) is 12.5. The Morgan fingerprint density at radius 2 is 1.59 bits per heavy atom. The van der Waals surface area contributed by atoms with E-state index in [4.69, 9.17) is 4.42 Å². The standard InChI is InChI=1S/C20H17NO/c1-3-16-9-7-8-10-17(16)13-14-19-21-20(15(2)22-19)18-11-5-4-6-12-18/h3-14H,1H2,2H3/b14-13+. The molecule has 0 aliphatic carbocycles. The Bertz CT molecular complexity index is 813. The van der Waals surface area contributed by atoms with Gasteiger partial charge in [0.05, 0.1) is 0 Å². The molecule has 0 spiro atoms. The van der Waals surface area contributed by atoms with Crippen molar-refractivity contribution in [2.75, 3.05) is 0 Å². The second-order valence-corrected chi connectivity index (χ2v) is 4.99. The normalized spacial score (nSPS) is 11.0. The maximum atomic E-state index is 5.74. The van der Waals surface area contributed by atoms with Crippen LogP contribution in [0.5, 0.6) is 0 Å². The summed E-state index contributed by atoms with van der Waals surface area (Å²) in [7, 11) is 0. The molecule has 3 rings (SSSR count). The molecule has 22 heavy (non-hydrogen) atoms. The third-order valence-corrected chi connectivity index (χ3v) is 3.48. The maximum Gasteiger partial charge on any atom is 0.219 e. The molecule has 0 fully saturated rings. The fourth-order valence-electron chi connectivity index (χ4n) is 2.36. The van der Waals surface area contributed by atoms with Crippen LogP contribution in [0.15, 0.2) is 65.6 Å². The number of rotatable bonds is 4. The number of nitrogens with zero attached hydrogens (tertiary/aromatic N) is 1. The van der Waals surface area contributed by atoms with E-state index < -0.39 is 0 Å². The van der Waals surface area contributed by atoms with E-state index in [0.29, 0.717) is 5.89 Å². The third-order valence-electron chi connectivity index (χ3n) is 3.48. The smallest absolute Gasteiger partial charge is 0.219 e. The Morgan fingerprint density at radius 3 is 2.32 bits per heavy atom. The van der Waals surface area contributed by atoms with Gasteiger partial charge in [-0.3, -0.25) is 0 Å². The average Bonchev–Trinajstić information content (AvgIpc) is 2.95. The maximum absolute atomic E-state index is 5.74. The SMILES string of the molecule is C=Cc1ccccc1/C=C/c1nc(-c2ccccc2)c(C)o1. The first-order chi connectivity index (χ1) is 10.8. The predicted octanol–water partition coefficient (Wildman–Crippen LogP) is 5.46. The van der Waals surface area contributed by atoms with Crippen molar-refractivity contribution < 1.29 is 4.42 Å². The number of oxazole rings is 1. The van der Waals surface area contributed by atoms with Gasteiger partial charge in [0.1, 0.15) is 11.5 Å². The van der Waals surface area contributed by atoms with Crippen LogP contribution in [0, 0.1) is 6.92 Å². The summed E-state index contributed by atoms with van der Waals surface area (Å²) in [5.74, 6) is 1.43. The summed E-state index contributed by atoms with van der Waals surface area (Å²) in [6, 6.07) is 18.1. The Kier molecular flexibility index (Phi) is 4.01. The highest BCUT2D eigenvalue weighted by atomic mass is 16.4. The number of benzene rings is 2. The minimum absolute atomic E-state index is 0.607. The van der Waals surface area contributed by atoms with Crippen LogP contribution in [0.1, 0.15) is 22.8 Å². The molecule has 0 radical (unpaired) electrons. The highest BCUT2D eigenvalue weighted by molar-refractivity contribution is 5.73. The van der Waals surface area contributed by atoms with Gasteiger partial charge in [0, 0.05) is 11.6 Å². The first-order valence-corrected chi connectivity index (χ1v) is 7.20. The van der Waals surface area contributed by atoms with Crippen LogP contribution in [0.2, 0.25) is 0 Å². The lowest BCUT2D eigenvalue weighted by molar-refractivity contribution is 0.517. The summed E-state index contributed by atoms with van der Waals surface area (Å²) in [4.78, 5) is 4.57. The van der Waals surface area contributed by atoms with E-state index in [9.17, 15) is 0 Å². The van der Waals surface area contributed by atoms with Crippen molar-refractivity contribution in [3.8, 4) is 11.3 Å². The molecule has 0 unspecified atom stereocenters. The minimum Gasteiger partial charge on any atom is -0.441 e. The Morgan fingerprint density at radius 1 is 0.909 bits per heavy atom. The third kappa shape index (κ3) is 2.91. The molecule has 3 aromatic rings. The van der Waals surface area contributed by atoms with Crippen LogP contribution in [0.3, 0.4) is 0 Å². The Balaban J connectivity index is 1.91. The Hall–Kier alpha value is -2.87. The van der Waals surface area contributed by atoms with Crippen molar-refractivity contribution in [3.63, 3.8) is 0 Å². The van der Waals surface area contributed by atoms with E-state index in [1.54, 1.807) is 0 Å². The zero-order valence-electron chi connectivity index (χ0n) is 12.5. The van der Waals surface area contributed by atoms with Crippen LogP contribution in [-0.4, -0.2) is 4.98 Å². The molecule has 1 heterocycles. The molecule has 0 aliphatic heterocycles. The second-order valence-electron chi connectivity index (χ2n) is 4.99. The first-order valence-electron chi connectivity index (χ1n) is 7.20. The van der Waals surface area contributed by atoms with Gasteiger partial charge < -0.3 is 4.42 Å². The van der Waals surface area contributed by atoms with Crippen LogP contribution in [-0.2, 0) is 0 Å². The summed E-state index contributed by atoms with van der Waals surface area (Å²) in [6.07, 6.45) is 5.73. The van der Waals surface area contributed by atoms with E-state index >= 15 is 0 Å². The van der Waals surface area contributed by atoms with E-state index in [1.165, 1.54) is 0 Å². The number of hydrogen-bond donors (Lipinski definition) is 0. The fourth-order valence-corrected chi connectivity index (χ4v) is 2.36. The fraction of sp³-hybridized carbons (Fsp3) is 0.0500. The van der Waals surface area contributed by atoms with Gasteiger partial charge in [-0.05, 0) is 24.1 Å². The summed E-state index contributed by atoms with van der Waals surface area (Å²) in [5.41, 5.74) is 4.13. The van der Waals surface area contributed by atoms with E-state index in [2.05, 4.69) is 11.6 Å². The molecule has 1 aromatic heterocycles. The lowest BCUT2D eigenvalue weighted by atomic mass is 10.1. The van der Waals surface area contributed by atoms with Gasteiger partial charge in [-0.15, -0.1) is 0 Å². The van der Waals surface area contributed by atoms with Gasteiger partial charge in [0.2, 0.25) is 5.89 Å². The highest BCUT2D eigenvalue weighted by Crippen LogP contribution is 2.24. The molecular weight excluding hydrogens is 270 g/mol. The Labute approximate surface area is 130 Å². The van der Waals surface area contributed by atoms with Crippen molar-refractivity contribution in [2.24, 2.45) is 0 Å². The van der Waals surface area contributed by atoms with Gasteiger partial charge in [-0.25, -0.2) is 4.98 Å². The van der Waals surface area contributed by atoms with Crippen LogP contribution in [0.25, 0.3) is 29.5 Å². The monoisotopic (exact) mass is 287 g/mol. The quantitative estimate of drug-likeness (QED) is 0.636. The molecule has 0 N–H and O–H groups in total. The van der Waals surface area contributed by atoms with Crippen molar-refractivity contribution in [1.29, 1.82) is 0 Å². The van der Waals surface area contributed by atoms with Gasteiger partial charge in [0.15, 0.2) is 0 Å². The highest BCUT2D eigenvalue weighted by Gasteiger charge is 2.09. The molecular formula is C20H17NO. The van der Waals surface area contributed by atoms with Gasteiger partial charge in [-0.1, -0.05) is 67.3 Å². The lowest BCUT2D eigenvalue weighted by Crippen LogP contribution is -1.80. The van der Waals surface area contributed by atoms with E-state index in [1.807, 2.05) is 79.7 Å². The van der Waals surface area contributed by atoms with Crippen LogP contribution in [0.4, 0.5) is 0 Å². The molecule has 0 saturated heterocycles. The van der Waals surface area contributed by atoms with Crippen LogP contribution >= 0.6 is 0 Å². The molecule has 108 valence electrons. The van der Waals surface area contributed by atoms with E-state index in [0.717, 1.165) is 28.1 Å². The molecule has 2 heteroatoms. The summed E-state index contributed by atoms with van der Waals surface area (Å²) < 4.78 is 5.74. The van der Waals surface area contributed by atoms with E-state index in [-0.39, 0.29) is 0 Å². The molecule has 2 nitrogen and oxygen atoms in total. The number of aromatic nitrogens is 1. The van der Waals surface area contributed by atoms with Crippen molar-refractivity contribution in [3.05, 3.63) is 84.0 Å². The number of aryl methyl sites for hydroxylation is 1. The predicted molar refractivity (Wildman–Crippen MR) is 92.1 cm³/mol. The first kappa shape index (κ1) is 14.1. The largest absolute Gasteiger partial charge is 0.441 e. The molecule has 0 atom stereocenters. The van der Waals surface area contributed by atoms with Gasteiger partial charge >= 0.3 is 0 Å². The summed E-state index contributed by atoms with van der Waals surface area (Å²) in [5, 5.41) is 0. The molecule has 0 bridgehead atoms. The van der Waals surface area contributed by atoms with Gasteiger partial charge in [-0.2, -0.15) is 0 Å². The molecule has 0 saturated carbocycles. The summed E-state index contributed by atoms with van der Waals surface area (Å²) in [6.45, 7) is 5.77. The van der Waals surface area contributed by atoms with Crippen LogP contribution < -0.4 is 0 Å². The minimum atomic E-state index is 0.607. The average molecular weight is 287 g/mol. The van der Waals surface area contributed by atoms with Gasteiger partial charge in [0.25, 0.3) is 0 Å². The molecule has 0 amide bonds. The van der Waals surface area contributed by atoms with Crippen molar-refractivity contribution in [1.82, 2.24) is 4.98 Å². The van der Waals surface area contributed by atoms with Crippen molar-refractivity contribution in [2.45, 2.75) is 6.92 Å². The van der Waals surface area contributed by atoms with Crippen molar-refractivity contribution >= 4 is 18.2 Å². The lowest BCUT2D eigenvalue weighted by Gasteiger charge is -1.98.